The molecule has 0 saturated carbocycles. The Morgan fingerprint density at radius 1 is 1.56 bits per heavy atom. The molecule has 0 aliphatic heterocycles. The summed E-state index contributed by atoms with van der Waals surface area (Å²) in [5.41, 5.74) is 10.5. The number of pyridine rings is 1. The lowest BCUT2D eigenvalue weighted by molar-refractivity contribution is -0.383. The van der Waals surface area contributed by atoms with Crippen LogP contribution in [0.25, 0.3) is 0 Å². The fraction of sp³-hybridized carbons (Fsp3) is 0.444. The molecule has 1 heterocycles. The molecule has 4 N–H and O–H groups in total. The molecule has 1 rings (SSSR count). The Kier molecular flexibility index (Phi) is 3.87. The van der Waals surface area contributed by atoms with Crippen LogP contribution >= 0.6 is 0 Å². The van der Waals surface area contributed by atoms with Crippen LogP contribution in [0.5, 0.6) is 5.75 Å². The molecule has 0 atom stereocenters. The van der Waals surface area contributed by atoms with Gasteiger partial charge in [0.2, 0.25) is 5.82 Å². The third-order valence-electron chi connectivity index (χ3n) is 2.02. The molecule has 7 nitrogen and oxygen atoms in total. The summed E-state index contributed by atoms with van der Waals surface area (Å²) in [7, 11) is 0. The third-order valence-corrected chi connectivity index (χ3v) is 2.02. The standard InChI is InChI=1S/C9H14N4O3/c1-2-3-4-16-6-5-12-9(11)8(7(6)10)13(14)15/h5H,2-4H2,1H3,(H4,10,11,12). The van der Waals surface area contributed by atoms with Gasteiger partial charge in [-0.05, 0) is 6.42 Å². The van der Waals surface area contributed by atoms with Crippen LogP contribution in [0.3, 0.4) is 0 Å². The summed E-state index contributed by atoms with van der Waals surface area (Å²) in [5, 5.41) is 10.7. The number of nitrogen functional groups attached to an aromatic ring is 2. The maximum Gasteiger partial charge on any atom is 0.337 e. The summed E-state index contributed by atoms with van der Waals surface area (Å²) in [4.78, 5) is 13.7. The molecule has 0 saturated heterocycles. The Hall–Kier alpha value is -2.05. The minimum Gasteiger partial charge on any atom is -0.490 e. The summed E-state index contributed by atoms with van der Waals surface area (Å²) in [6.45, 7) is 2.46. The van der Waals surface area contributed by atoms with Crippen molar-refractivity contribution in [2.24, 2.45) is 0 Å². The minimum absolute atomic E-state index is 0.0754. The predicted molar refractivity (Wildman–Crippen MR) is 60.1 cm³/mol. The Bertz CT molecular complexity index is 395. The minimum atomic E-state index is -0.662. The van der Waals surface area contributed by atoms with Gasteiger partial charge in [0.15, 0.2) is 11.4 Å². The van der Waals surface area contributed by atoms with Gasteiger partial charge in [-0.3, -0.25) is 10.1 Å². The lowest BCUT2D eigenvalue weighted by atomic mass is 10.3. The number of hydrogen-bond acceptors (Lipinski definition) is 6. The van der Waals surface area contributed by atoms with Crippen LogP contribution in [0.4, 0.5) is 17.2 Å². The second kappa shape index (κ2) is 5.15. The van der Waals surface area contributed by atoms with Crippen LogP contribution in [-0.4, -0.2) is 16.5 Å². The van der Waals surface area contributed by atoms with E-state index in [0.29, 0.717) is 6.61 Å². The Balaban J connectivity index is 2.95. The van der Waals surface area contributed by atoms with Crippen LogP contribution in [0.2, 0.25) is 0 Å². The average molecular weight is 226 g/mol. The summed E-state index contributed by atoms with van der Waals surface area (Å²) >= 11 is 0. The zero-order valence-electron chi connectivity index (χ0n) is 8.97. The largest absolute Gasteiger partial charge is 0.490 e. The van der Waals surface area contributed by atoms with Crippen molar-refractivity contribution in [2.45, 2.75) is 19.8 Å². The van der Waals surface area contributed by atoms with E-state index in [-0.39, 0.29) is 17.3 Å². The van der Waals surface area contributed by atoms with E-state index in [1.165, 1.54) is 6.20 Å². The molecule has 0 aliphatic rings. The summed E-state index contributed by atoms with van der Waals surface area (Å²) in [5.74, 6) is -0.000286. The Labute approximate surface area is 92.6 Å². The van der Waals surface area contributed by atoms with E-state index < -0.39 is 10.6 Å². The molecule has 7 heteroatoms. The Morgan fingerprint density at radius 3 is 2.81 bits per heavy atom. The number of nitrogens with zero attached hydrogens (tertiary/aromatic N) is 2. The average Bonchev–Trinajstić information content (AvgIpc) is 2.21. The van der Waals surface area contributed by atoms with Gasteiger partial charge in [-0.15, -0.1) is 0 Å². The summed E-state index contributed by atoms with van der Waals surface area (Å²) in [6, 6.07) is 0. The van der Waals surface area contributed by atoms with Crippen LogP contribution in [0.1, 0.15) is 19.8 Å². The van der Waals surface area contributed by atoms with Crippen molar-refractivity contribution in [3.8, 4) is 5.75 Å². The smallest absolute Gasteiger partial charge is 0.337 e. The SMILES string of the molecule is CCCCOc1cnc(N)c([N+](=O)[O-])c1N. The zero-order valence-corrected chi connectivity index (χ0v) is 8.97. The van der Waals surface area contributed by atoms with Gasteiger partial charge in [0, 0.05) is 0 Å². The van der Waals surface area contributed by atoms with E-state index in [2.05, 4.69) is 4.98 Å². The quantitative estimate of drug-likeness (QED) is 0.444. The van der Waals surface area contributed by atoms with Gasteiger partial charge in [-0.25, -0.2) is 4.98 Å². The normalized spacial score (nSPS) is 10.1. The van der Waals surface area contributed by atoms with Gasteiger partial charge in [0.05, 0.1) is 17.7 Å². The lowest BCUT2D eigenvalue weighted by Crippen LogP contribution is -2.06. The second-order valence-electron chi connectivity index (χ2n) is 3.23. The molecular weight excluding hydrogens is 212 g/mol. The van der Waals surface area contributed by atoms with Crippen molar-refractivity contribution < 1.29 is 9.66 Å². The molecule has 0 amide bonds. The molecule has 0 spiro atoms. The van der Waals surface area contributed by atoms with Crippen LogP contribution < -0.4 is 16.2 Å². The van der Waals surface area contributed by atoms with Crippen LogP contribution in [-0.2, 0) is 0 Å². The Morgan fingerprint density at radius 2 is 2.25 bits per heavy atom. The lowest BCUT2D eigenvalue weighted by Gasteiger charge is -2.08. The zero-order chi connectivity index (χ0) is 12.1. The fourth-order valence-corrected chi connectivity index (χ4v) is 1.15. The second-order valence-corrected chi connectivity index (χ2v) is 3.23. The first-order valence-electron chi connectivity index (χ1n) is 4.89. The first-order chi connectivity index (χ1) is 7.57. The van der Waals surface area contributed by atoms with Crippen LogP contribution in [0, 0.1) is 10.1 Å². The van der Waals surface area contributed by atoms with E-state index in [4.69, 9.17) is 16.2 Å². The highest BCUT2D eigenvalue weighted by atomic mass is 16.6. The van der Waals surface area contributed by atoms with Crippen molar-refractivity contribution in [1.29, 1.82) is 0 Å². The summed E-state index contributed by atoms with van der Waals surface area (Å²) < 4.78 is 5.28. The molecule has 16 heavy (non-hydrogen) atoms. The van der Waals surface area contributed by atoms with Gasteiger partial charge in [-0.2, -0.15) is 0 Å². The number of nitrogens with two attached hydrogens (primary N) is 2. The monoisotopic (exact) mass is 226 g/mol. The number of anilines is 2. The molecule has 0 bridgehead atoms. The fourth-order valence-electron chi connectivity index (χ4n) is 1.15. The number of aromatic nitrogens is 1. The van der Waals surface area contributed by atoms with Crippen molar-refractivity contribution in [1.82, 2.24) is 4.98 Å². The molecule has 88 valence electrons. The first kappa shape index (κ1) is 12.0. The van der Waals surface area contributed by atoms with Crippen molar-refractivity contribution >= 4 is 17.2 Å². The van der Waals surface area contributed by atoms with Gasteiger partial charge in [0.1, 0.15) is 0 Å². The topological polar surface area (TPSA) is 117 Å². The molecule has 0 unspecified atom stereocenters. The maximum absolute atomic E-state index is 10.7. The molecule has 0 aliphatic carbocycles. The number of unbranched alkanes of at least 4 members (excludes halogenated alkanes) is 1. The van der Waals surface area contributed by atoms with Gasteiger partial charge in [-0.1, -0.05) is 13.3 Å². The number of ether oxygens (including phenoxy) is 1. The number of hydrogen-bond donors (Lipinski definition) is 2. The van der Waals surface area contributed by atoms with Crippen LogP contribution in [0.15, 0.2) is 6.20 Å². The molecule has 1 aromatic heterocycles. The molecule has 0 radical (unpaired) electrons. The highest BCUT2D eigenvalue weighted by Crippen LogP contribution is 2.34. The van der Waals surface area contributed by atoms with E-state index in [1.54, 1.807) is 0 Å². The number of nitro groups is 1. The number of rotatable bonds is 5. The molecule has 0 fully saturated rings. The summed E-state index contributed by atoms with van der Waals surface area (Å²) in [6.07, 6.45) is 3.11. The van der Waals surface area contributed by atoms with Gasteiger partial charge >= 0.3 is 5.69 Å². The van der Waals surface area contributed by atoms with E-state index in [1.807, 2.05) is 6.92 Å². The molecule has 1 aromatic rings. The van der Waals surface area contributed by atoms with E-state index in [9.17, 15) is 10.1 Å². The highest BCUT2D eigenvalue weighted by Gasteiger charge is 2.21. The van der Waals surface area contributed by atoms with E-state index >= 15 is 0 Å². The molecule has 0 aromatic carbocycles. The van der Waals surface area contributed by atoms with Crippen molar-refractivity contribution in [3.05, 3.63) is 16.3 Å². The van der Waals surface area contributed by atoms with Crippen molar-refractivity contribution in [3.63, 3.8) is 0 Å². The van der Waals surface area contributed by atoms with E-state index in [0.717, 1.165) is 12.8 Å². The van der Waals surface area contributed by atoms with Crippen molar-refractivity contribution in [2.75, 3.05) is 18.1 Å². The van der Waals surface area contributed by atoms with Gasteiger partial charge < -0.3 is 16.2 Å². The predicted octanol–water partition coefficient (Wildman–Crippen LogP) is 1.33. The van der Waals surface area contributed by atoms with Gasteiger partial charge in [0.25, 0.3) is 0 Å². The molecular formula is C9H14N4O3. The first-order valence-corrected chi connectivity index (χ1v) is 4.89. The maximum atomic E-state index is 10.7. The third kappa shape index (κ3) is 2.50. The highest BCUT2D eigenvalue weighted by molar-refractivity contribution is 5.74.